The average molecular weight is 772 g/mol. The molecule has 2 aliphatic rings. The number of nitrogens with zero attached hydrogens (tertiary/aromatic N) is 4. The van der Waals surface area contributed by atoms with Crippen LogP contribution in [0.2, 0.25) is 0 Å². The van der Waals surface area contributed by atoms with Crippen LogP contribution in [0, 0.1) is 11.8 Å². The van der Waals surface area contributed by atoms with E-state index in [0.29, 0.717) is 12.4 Å². The van der Waals surface area contributed by atoms with Crippen LogP contribution >= 0.6 is 0 Å². The van der Waals surface area contributed by atoms with Crippen molar-refractivity contribution in [2.45, 2.75) is 78.1 Å². The van der Waals surface area contributed by atoms with Gasteiger partial charge in [0.05, 0.1) is 49.0 Å². The molecule has 0 unspecified atom stereocenters. The SMILES string of the molecule is CC[C@H](C)[C@H](NC(=O)OC)C(=O)N1CC(C)=C[C@H]1c1ncc(-c2ccc3cc(-c4ccc(-c5cnc([C@@H]6CCCN6C(=O)[C@@H](C)[C@@H](C)OC)[nH]5)cc4)ccc3c2)[nH]1. The first-order valence-electron chi connectivity index (χ1n) is 19.9. The Morgan fingerprint density at radius 2 is 1.44 bits per heavy atom. The fraction of sp³-hybridized carbons (Fsp3) is 0.400. The second-order valence-corrected chi connectivity index (χ2v) is 15.6. The molecule has 4 heterocycles. The highest BCUT2D eigenvalue weighted by Gasteiger charge is 2.38. The summed E-state index contributed by atoms with van der Waals surface area (Å²) in [5.74, 6) is 1.13. The number of carbonyl (C=O) groups excluding carboxylic acids is 3. The van der Waals surface area contributed by atoms with Crippen molar-refractivity contribution in [1.82, 2.24) is 35.1 Å². The molecule has 7 rings (SSSR count). The fourth-order valence-corrected chi connectivity index (χ4v) is 7.97. The quantitative estimate of drug-likeness (QED) is 0.108. The first kappa shape index (κ1) is 39.5. The number of carbonyl (C=O) groups is 3. The Balaban J connectivity index is 1.04. The minimum Gasteiger partial charge on any atom is -0.453 e. The van der Waals surface area contributed by atoms with Crippen molar-refractivity contribution >= 4 is 28.7 Å². The van der Waals surface area contributed by atoms with Crippen molar-refractivity contribution in [1.29, 1.82) is 0 Å². The van der Waals surface area contributed by atoms with Crippen molar-refractivity contribution in [3.63, 3.8) is 0 Å². The van der Waals surface area contributed by atoms with Gasteiger partial charge >= 0.3 is 6.09 Å². The zero-order chi connectivity index (χ0) is 40.4. The molecule has 1 saturated heterocycles. The van der Waals surface area contributed by atoms with E-state index in [1.54, 1.807) is 12.0 Å². The summed E-state index contributed by atoms with van der Waals surface area (Å²) in [6, 6.07) is 20.1. The molecule has 12 heteroatoms. The monoisotopic (exact) mass is 771 g/mol. The maximum absolute atomic E-state index is 13.8. The van der Waals surface area contributed by atoms with Gasteiger partial charge in [-0.1, -0.05) is 87.4 Å². The van der Waals surface area contributed by atoms with Gasteiger partial charge in [0, 0.05) is 25.8 Å². The van der Waals surface area contributed by atoms with E-state index in [1.807, 2.05) is 58.0 Å². The van der Waals surface area contributed by atoms with E-state index >= 15 is 0 Å². The molecule has 57 heavy (non-hydrogen) atoms. The first-order valence-corrected chi connectivity index (χ1v) is 19.9. The van der Waals surface area contributed by atoms with E-state index in [2.05, 4.69) is 75.9 Å². The number of alkyl carbamates (subject to hydrolysis) is 1. The van der Waals surface area contributed by atoms with Crippen molar-refractivity contribution in [2.24, 2.45) is 11.8 Å². The van der Waals surface area contributed by atoms with Crippen LogP contribution in [-0.2, 0) is 19.1 Å². The van der Waals surface area contributed by atoms with Gasteiger partial charge in [0.1, 0.15) is 23.7 Å². The molecule has 3 N–H and O–H groups in total. The number of fused-ring (bicyclic) bond motifs is 1. The predicted octanol–water partition coefficient (Wildman–Crippen LogP) is 8.22. The molecule has 1 fully saturated rings. The van der Waals surface area contributed by atoms with Gasteiger partial charge in [0.15, 0.2) is 0 Å². The first-order chi connectivity index (χ1) is 27.5. The van der Waals surface area contributed by atoms with Crippen LogP contribution in [0.5, 0.6) is 0 Å². The van der Waals surface area contributed by atoms with Crippen LogP contribution in [0.25, 0.3) is 44.4 Å². The number of imidazole rings is 2. The van der Waals surface area contributed by atoms with E-state index in [-0.39, 0.29) is 41.8 Å². The number of nitrogens with one attached hydrogen (secondary N) is 3. The van der Waals surface area contributed by atoms with Gasteiger partial charge in [0.25, 0.3) is 0 Å². The lowest BCUT2D eigenvalue weighted by Crippen LogP contribution is -2.51. The zero-order valence-corrected chi connectivity index (χ0v) is 33.8. The summed E-state index contributed by atoms with van der Waals surface area (Å²) >= 11 is 0. The summed E-state index contributed by atoms with van der Waals surface area (Å²) in [5.41, 5.74) is 7.07. The van der Waals surface area contributed by atoms with Crippen molar-refractivity contribution in [2.75, 3.05) is 27.3 Å². The van der Waals surface area contributed by atoms with Crippen LogP contribution in [0.1, 0.15) is 77.6 Å². The average Bonchev–Trinajstić information content (AvgIpc) is 4.08. The van der Waals surface area contributed by atoms with E-state index < -0.39 is 12.1 Å². The molecular weight excluding hydrogens is 719 g/mol. The standard InChI is InChI=1S/C45H53N7O5/c1-8-27(3)40(50-45(55)57-7)44(54)52-25-26(2)20-39(52)42-47-24-37(49-42)35-18-17-33-21-32(15-16-34(33)22-35)30-11-13-31(14-12-30)36-23-46-41(48-36)38-10-9-19-51(38)43(53)28(4)29(5)56-6/h11-18,20-24,27-29,38-40H,8-10,19,25H2,1-7H3,(H,46,48)(H,47,49)(H,50,55)/t27-,28-,29+,38-,39-,40-/m0/s1. The molecule has 0 bridgehead atoms. The van der Waals surface area contributed by atoms with Gasteiger partial charge in [0.2, 0.25) is 11.8 Å². The van der Waals surface area contributed by atoms with Gasteiger partial charge in [-0.3, -0.25) is 9.59 Å². The number of likely N-dealkylation sites (tertiary alicyclic amines) is 1. The summed E-state index contributed by atoms with van der Waals surface area (Å²) in [5, 5.41) is 4.96. The van der Waals surface area contributed by atoms with E-state index in [1.165, 1.54) is 7.11 Å². The molecule has 5 aromatic rings. The third kappa shape index (κ3) is 8.09. The smallest absolute Gasteiger partial charge is 0.407 e. The molecule has 3 aromatic carbocycles. The molecular formula is C45H53N7O5. The zero-order valence-electron chi connectivity index (χ0n) is 33.8. The van der Waals surface area contributed by atoms with Gasteiger partial charge < -0.3 is 34.6 Å². The summed E-state index contributed by atoms with van der Waals surface area (Å²) in [7, 11) is 2.94. The van der Waals surface area contributed by atoms with Crippen LogP contribution in [0.3, 0.4) is 0 Å². The molecule has 298 valence electrons. The number of ether oxygens (including phenoxy) is 2. The number of hydrogen-bond acceptors (Lipinski definition) is 7. The van der Waals surface area contributed by atoms with E-state index in [4.69, 9.17) is 19.4 Å². The van der Waals surface area contributed by atoms with Gasteiger partial charge in [-0.2, -0.15) is 0 Å². The Labute approximate surface area is 334 Å². The van der Waals surface area contributed by atoms with E-state index in [0.717, 1.165) is 81.6 Å². The molecule has 0 radical (unpaired) electrons. The lowest BCUT2D eigenvalue weighted by molar-refractivity contribution is -0.140. The summed E-state index contributed by atoms with van der Waals surface area (Å²) in [6.45, 7) is 11.0. The van der Waals surface area contributed by atoms with Crippen LogP contribution < -0.4 is 5.32 Å². The summed E-state index contributed by atoms with van der Waals surface area (Å²) < 4.78 is 10.3. The number of benzene rings is 3. The number of rotatable bonds is 12. The maximum Gasteiger partial charge on any atom is 0.407 e. The summed E-state index contributed by atoms with van der Waals surface area (Å²) in [4.78, 5) is 59.4. The molecule has 12 nitrogen and oxygen atoms in total. The van der Waals surface area contributed by atoms with Crippen LogP contribution in [0.4, 0.5) is 4.79 Å². The fourth-order valence-electron chi connectivity index (χ4n) is 7.97. The van der Waals surface area contributed by atoms with Crippen molar-refractivity contribution in [3.8, 4) is 33.6 Å². The molecule has 6 atom stereocenters. The molecule has 3 amide bonds. The van der Waals surface area contributed by atoms with Crippen molar-refractivity contribution in [3.05, 3.63) is 96.4 Å². The van der Waals surface area contributed by atoms with E-state index in [9.17, 15) is 14.4 Å². The van der Waals surface area contributed by atoms with Crippen LogP contribution in [0.15, 0.2) is 84.7 Å². The summed E-state index contributed by atoms with van der Waals surface area (Å²) in [6.07, 6.45) is 7.50. The third-order valence-corrected chi connectivity index (χ3v) is 11.9. The Bertz CT molecular complexity index is 2280. The molecule has 0 spiro atoms. The number of aromatic nitrogens is 4. The second kappa shape index (κ2) is 16.8. The Hall–Kier alpha value is -5.75. The molecule has 2 aliphatic heterocycles. The Morgan fingerprint density at radius 1 is 0.825 bits per heavy atom. The minimum absolute atomic E-state index is 0.0640. The second-order valence-electron chi connectivity index (χ2n) is 15.6. The number of hydrogen-bond donors (Lipinski definition) is 3. The Morgan fingerprint density at radius 3 is 2.12 bits per heavy atom. The van der Waals surface area contributed by atoms with Crippen molar-refractivity contribution < 1.29 is 23.9 Å². The highest BCUT2D eigenvalue weighted by molar-refractivity contribution is 5.91. The third-order valence-electron chi connectivity index (χ3n) is 11.9. The lowest BCUT2D eigenvalue weighted by atomic mass is 9.97. The highest BCUT2D eigenvalue weighted by atomic mass is 16.5. The Kier molecular flexibility index (Phi) is 11.6. The largest absolute Gasteiger partial charge is 0.453 e. The van der Waals surface area contributed by atoms with Gasteiger partial charge in [-0.25, -0.2) is 14.8 Å². The van der Waals surface area contributed by atoms with Gasteiger partial charge in [-0.05, 0) is 72.2 Å². The van der Waals surface area contributed by atoms with Gasteiger partial charge in [-0.15, -0.1) is 0 Å². The number of aromatic amines is 2. The normalized spacial score (nSPS) is 19.0. The molecule has 0 aliphatic carbocycles. The predicted molar refractivity (Wildman–Crippen MR) is 221 cm³/mol. The number of H-pyrrole nitrogens is 2. The van der Waals surface area contributed by atoms with Crippen LogP contribution in [-0.4, -0.2) is 87.1 Å². The molecule has 2 aromatic heterocycles. The lowest BCUT2D eigenvalue weighted by Gasteiger charge is -2.31. The number of amides is 3. The minimum atomic E-state index is -0.710. The number of methoxy groups -OCH3 is 2. The molecule has 0 saturated carbocycles. The highest BCUT2D eigenvalue weighted by Crippen LogP contribution is 2.35. The topological polar surface area (TPSA) is 146 Å². The maximum atomic E-state index is 13.8.